The van der Waals surface area contributed by atoms with Crippen LogP contribution in [0.1, 0.15) is 64.4 Å². The Hall–Kier alpha value is -3.25. The Morgan fingerprint density at radius 1 is 0.811 bits per heavy atom. The molecule has 0 unspecified atom stereocenters. The number of carbonyl (C=O) groups is 2. The molecule has 0 saturated carbocycles. The molecule has 0 heterocycles. The van der Waals surface area contributed by atoms with Crippen molar-refractivity contribution in [2.75, 3.05) is 11.4 Å². The highest BCUT2D eigenvalue weighted by Crippen LogP contribution is 2.31. The molecule has 0 bridgehead atoms. The van der Waals surface area contributed by atoms with Crippen LogP contribution in [0.5, 0.6) is 5.75 Å². The number of benzene rings is 3. The number of carbonyl (C=O) groups excluding carboxylic acids is 2. The fraction of sp³-hybridized carbons (Fsp3) is 0.355. The monoisotopic (exact) mass is 518 g/mol. The van der Waals surface area contributed by atoms with Crippen molar-refractivity contribution < 1.29 is 14.3 Å². The highest BCUT2D eigenvalue weighted by molar-refractivity contribution is 7.99. The SMILES string of the molecule is CCCCCCCN(C(=O)NCc1ccccc1)c1ccc(Sc2cccc(OC(=O)CCC)c2)cc1. The fourth-order valence-corrected chi connectivity index (χ4v) is 4.77. The Labute approximate surface area is 225 Å². The smallest absolute Gasteiger partial charge is 0.322 e. The Morgan fingerprint density at radius 3 is 2.30 bits per heavy atom. The standard InChI is InChI=1S/C31H38N2O3S/c1-3-5-6-7-11-22-33(31(35)32-24-25-14-9-8-10-15-25)26-18-20-28(21-19-26)37-29-17-12-16-27(23-29)36-30(34)13-4-2/h8-10,12,14-21,23H,3-7,11,13,22,24H2,1-2H3,(H,32,35). The molecule has 0 aliphatic heterocycles. The number of ether oxygens (including phenoxy) is 1. The summed E-state index contributed by atoms with van der Waals surface area (Å²) in [6, 6.07) is 25.5. The number of urea groups is 1. The lowest BCUT2D eigenvalue weighted by molar-refractivity contribution is -0.134. The second-order valence-electron chi connectivity index (χ2n) is 9.01. The van der Waals surface area contributed by atoms with Crippen molar-refractivity contribution in [2.45, 2.75) is 75.1 Å². The van der Waals surface area contributed by atoms with Gasteiger partial charge >= 0.3 is 12.0 Å². The highest BCUT2D eigenvalue weighted by atomic mass is 32.2. The van der Waals surface area contributed by atoms with Crippen LogP contribution < -0.4 is 15.0 Å². The summed E-state index contributed by atoms with van der Waals surface area (Å²) in [4.78, 5) is 28.9. The number of unbranched alkanes of at least 4 members (excludes halogenated alkanes) is 4. The van der Waals surface area contributed by atoms with Crippen LogP contribution in [0.25, 0.3) is 0 Å². The van der Waals surface area contributed by atoms with Gasteiger partial charge in [-0.05, 0) is 60.9 Å². The van der Waals surface area contributed by atoms with Crippen LogP contribution in [0.2, 0.25) is 0 Å². The van der Waals surface area contributed by atoms with E-state index in [9.17, 15) is 9.59 Å². The number of anilines is 1. The number of amides is 2. The summed E-state index contributed by atoms with van der Waals surface area (Å²) in [6.45, 7) is 5.34. The predicted molar refractivity (Wildman–Crippen MR) is 152 cm³/mol. The minimum Gasteiger partial charge on any atom is -0.426 e. The molecular weight excluding hydrogens is 480 g/mol. The number of esters is 1. The number of rotatable bonds is 14. The first-order valence-corrected chi connectivity index (χ1v) is 14.1. The maximum Gasteiger partial charge on any atom is 0.322 e. The third kappa shape index (κ3) is 9.96. The predicted octanol–water partition coefficient (Wildman–Crippen LogP) is 8.23. The number of nitrogens with one attached hydrogen (secondary N) is 1. The molecule has 0 fully saturated rings. The van der Waals surface area contributed by atoms with E-state index in [-0.39, 0.29) is 12.0 Å². The van der Waals surface area contributed by atoms with Crippen LogP contribution in [-0.2, 0) is 11.3 Å². The molecule has 3 aromatic rings. The average molecular weight is 519 g/mol. The van der Waals surface area contributed by atoms with Crippen molar-refractivity contribution in [3.05, 3.63) is 84.4 Å². The van der Waals surface area contributed by atoms with Gasteiger partial charge in [0, 0.05) is 35.0 Å². The zero-order valence-corrected chi connectivity index (χ0v) is 22.8. The fourth-order valence-electron chi connectivity index (χ4n) is 3.91. The summed E-state index contributed by atoms with van der Waals surface area (Å²) in [5.74, 6) is 0.346. The zero-order chi connectivity index (χ0) is 26.3. The van der Waals surface area contributed by atoms with Gasteiger partial charge in [-0.15, -0.1) is 0 Å². The Kier molecular flexibility index (Phi) is 12.1. The van der Waals surface area contributed by atoms with E-state index in [0.29, 0.717) is 25.3 Å². The van der Waals surface area contributed by atoms with E-state index in [0.717, 1.165) is 40.3 Å². The number of hydrogen-bond acceptors (Lipinski definition) is 4. The lowest BCUT2D eigenvalue weighted by atomic mass is 10.1. The van der Waals surface area contributed by atoms with Crippen molar-refractivity contribution in [1.29, 1.82) is 0 Å². The summed E-state index contributed by atoms with van der Waals surface area (Å²) >= 11 is 1.60. The minimum atomic E-state index is -0.214. The van der Waals surface area contributed by atoms with Crippen molar-refractivity contribution in [1.82, 2.24) is 5.32 Å². The molecule has 5 nitrogen and oxygen atoms in total. The molecule has 0 aliphatic rings. The van der Waals surface area contributed by atoms with Gasteiger partial charge in [-0.3, -0.25) is 9.69 Å². The number of hydrogen-bond donors (Lipinski definition) is 1. The van der Waals surface area contributed by atoms with Crippen molar-refractivity contribution >= 4 is 29.4 Å². The van der Waals surface area contributed by atoms with E-state index < -0.39 is 0 Å². The molecular formula is C31H38N2O3S. The molecule has 0 atom stereocenters. The lowest BCUT2D eigenvalue weighted by Gasteiger charge is -2.24. The van der Waals surface area contributed by atoms with E-state index in [1.807, 2.05) is 84.6 Å². The topological polar surface area (TPSA) is 58.6 Å². The Bertz CT molecular complexity index is 1100. The second kappa shape index (κ2) is 15.8. The van der Waals surface area contributed by atoms with Gasteiger partial charge in [0.15, 0.2) is 0 Å². The van der Waals surface area contributed by atoms with Gasteiger partial charge in [0.1, 0.15) is 5.75 Å². The average Bonchev–Trinajstić information content (AvgIpc) is 2.91. The van der Waals surface area contributed by atoms with Gasteiger partial charge < -0.3 is 10.1 Å². The van der Waals surface area contributed by atoms with Crippen LogP contribution in [0.3, 0.4) is 0 Å². The maximum atomic E-state index is 13.2. The van der Waals surface area contributed by atoms with Gasteiger partial charge in [-0.25, -0.2) is 4.79 Å². The summed E-state index contributed by atoms with van der Waals surface area (Å²) < 4.78 is 5.42. The van der Waals surface area contributed by atoms with E-state index in [2.05, 4.69) is 12.2 Å². The molecule has 6 heteroatoms. The quantitative estimate of drug-likeness (QED) is 0.133. The van der Waals surface area contributed by atoms with E-state index in [1.165, 1.54) is 19.3 Å². The van der Waals surface area contributed by atoms with E-state index in [4.69, 9.17) is 4.74 Å². The zero-order valence-electron chi connectivity index (χ0n) is 21.9. The first kappa shape index (κ1) is 28.3. The van der Waals surface area contributed by atoms with E-state index >= 15 is 0 Å². The Balaban J connectivity index is 1.65. The molecule has 1 N–H and O–H groups in total. The normalized spacial score (nSPS) is 10.6. The summed E-state index contributed by atoms with van der Waals surface area (Å²) in [5, 5.41) is 3.08. The summed E-state index contributed by atoms with van der Waals surface area (Å²) in [6.07, 6.45) is 6.88. The molecule has 0 aliphatic carbocycles. The molecule has 37 heavy (non-hydrogen) atoms. The van der Waals surface area contributed by atoms with Crippen molar-refractivity contribution in [2.24, 2.45) is 0 Å². The van der Waals surface area contributed by atoms with Crippen LogP contribution in [-0.4, -0.2) is 18.5 Å². The Morgan fingerprint density at radius 2 is 1.57 bits per heavy atom. The maximum absolute atomic E-state index is 13.2. The van der Waals surface area contributed by atoms with Gasteiger partial charge in [0.25, 0.3) is 0 Å². The first-order valence-electron chi connectivity index (χ1n) is 13.3. The van der Waals surface area contributed by atoms with Gasteiger partial charge in [0.05, 0.1) is 0 Å². The molecule has 0 radical (unpaired) electrons. The molecule has 3 aromatic carbocycles. The van der Waals surface area contributed by atoms with Crippen molar-refractivity contribution in [3.63, 3.8) is 0 Å². The summed E-state index contributed by atoms with van der Waals surface area (Å²) in [7, 11) is 0. The van der Waals surface area contributed by atoms with Gasteiger partial charge in [-0.1, -0.05) is 87.7 Å². The van der Waals surface area contributed by atoms with E-state index in [1.54, 1.807) is 17.8 Å². The third-order valence-corrected chi connectivity index (χ3v) is 6.89. The largest absolute Gasteiger partial charge is 0.426 e. The van der Waals surface area contributed by atoms with Gasteiger partial charge in [-0.2, -0.15) is 0 Å². The molecule has 0 aromatic heterocycles. The van der Waals surface area contributed by atoms with Crippen molar-refractivity contribution in [3.8, 4) is 5.75 Å². The third-order valence-electron chi connectivity index (χ3n) is 5.89. The lowest BCUT2D eigenvalue weighted by Crippen LogP contribution is -2.40. The second-order valence-corrected chi connectivity index (χ2v) is 10.2. The number of nitrogens with zero attached hydrogens (tertiary/aromatic N) is 1. The molecule has 3 rings (SSSR count). The van der Waals surface area contributed by atoms with Crippen LogP contribution in [0, 0.1) is 0 Å². The molecule has 2 amide bonds. The molecule has 196 valence electrons. The molecule has 0 saturated heterocycles. The van der Waals surface area contributed by atoms with Crippen LogP contribution >= 0.6 is 11.8 Å². The minimum absolute atomic E-state index is 0.0821. The molecule has 0 spiro atoms. The van der Waals surface area contributed by atoms with Crippen LogP contribution in [0.4, 0.5) is 10.5 Å². The van der Waals surface area contributed by atoms with Crippen LogP contribution in [0.15, 0.2) is 88.7 Å². The van der Waals surface area contributed by atoms with Gasteiger partial charge in [0.2, 0.25) is 0 Å². The summed E-state index contributed by atoms with van der Waals surface area (Å²) in [5.41, 5.74) is 1.96. The first-order chi connectivity index (χ1) is 18.1. The highest BCUT2D eigenvalue weighted by Gasteiger charge is 2.15.